The topological polar surface area (TPSA) is 74.2 Å². The third-order valence-corrected chi connectivity index (χ3v) is 5.21. The van der Waals surface area contributed by atoms with Crippen LogP contribution in [0.2, 0.25) is 10.0 Å². The van der Waals surface area contributed by atoms with Gasteiger partial charge in [-0.3, -0.25) is 5.32 Å². The summed E-state index contributed by atoms with van der Waals surface area (Å²) in [5.41, 5.74) is 2.34. The van der Waals surface area contributed by atoms with Crippen molar-refractivity contribution < 1.29 is 0 Å². The van der Waals surface area contributed by atoms with Gasteiger partial charge in [0.25, 0.3) is 0 Å². The number of aryl methyl sites for hydroxylation is 2. The van der Waals surface area contributed by atoms with Crippen LogP contribution in [0.15, 0.2) is 46.8 Å². The van der Waals surface area contributed by atoms with Gasteiger partial charge in [0.2, 0.25) is 11.9 Å². The molecule has 0 saturated carbocycles. The van der Waals surface area contributed by atoms with E-state index in [2.05, 4.69) is 30.9 Å². The smallest absolute Gasteiger partial charge is 0.229 e. The molecule has 0 fully saturated rings. The zero-order valence-corrected chi connectivity index (χ0v) is 18.8. The summed E-state index contributed by atoms with van der Waals surface area (Å²) in [6.45, 7) is 4.30. The standard InChI is InChI=1S/C19H18Cl2N6S2/c1-11-8-12(2)24-18(23-11)26-17(22-10-14-4-3-7-29-14)27-19(28)25-16-6-5-13(20)9-15(16)21/h3-9H,10H2,1-2H3,(H3,22,23,24,25,26,27,28). The lowest BCUT2D eigenvalue weighted by Crippen LogP contribution is -2.39. The van der Waals surface area contributed by atoms with Crippen molar-refractivity contribution in [2.75, 3.05) is 10.6 Å². The van der Waals surface area contributed by atoms with Crippen LogP contribution in [-0.2, 0) is 6.54 Å². The molecule has 2 aromatic heterocycles. The van der Waals surface area contributed by atoms with Crippen molar-refractivity contribution in [3.05, 3.63) is 68.1 Å². The molecular weight excluding hydrogens is 447 g/mol. The minimum absolute atomic E-state index is 0.316. The maximum atomic E-state index is 6.20. The summed E-state index contributed by atoms with van der Waals surface area (Å²) < 4.78 is 0. The second kappa shape index (κ2) is 9.98. The summed E-state index contributed by atoms with van der Waals surface area (Å²) in [5, 5.41) is 12.5. The SMILES string of the molecule is Cc1cc(C)nc(NC(=NCc2cccs2)NC(=S)Nc2ccc(Cl)cc2Cl)n1. The highest BCUT2D eigenvalue weighted by Crippen LogP contribution is 2.25. The van der Waals surface area contributed by atoms with Crippen LogP contribution in [0.1, 0.15) is 16.3 Å². The van der Waals surface area contributed by atoms with Crippen molar-refractivity contribution in [1.82, 2.24) is 15.3 Å². The van der Waals surface area contributed by atoms with E-state index >= 15 is 0 Å². The monoisotopic (exact) mass is 464 g/mol. The van der Waals surface area contributed by atoms with Gasteiger partial charge in [-0.1, -0.05) is 29.3 Å². The van der Waals surface area contributed by atoms with Crippen molar-refractivity contribution in [3.63, 3.8) is 0 Å². The maximum absolute atomic E-state index is 6.20. The molecule has 0 amide bonds. The van der Waals surface area contributed by atoms with E-state index in [0.29, 0.717) is 39.3 Å². The molecule has 10 heteroatoms. The fourth-order valence-electron chi connectivity index (χ4n) is 2.41. The van der Waals surface area contributed by atoms with E-state index < -0.39 is 0 Å². The van der Waals surface area contributed by atoms with Crippen molar-refractivity contribution >= 4 is 69.5 Å². The van der Waals surface area contributed by atoms with Gasteiger partial charge in [0.1, 0.15) is 0 Å². The largest absolute Gasteiger partial charge is 0.331 e. The molecule has 2 heterocycles. The predicted molar refractivity (Wildman–Crippen MR) is 126 cm³/mol. The highest BCUT2D eigenvalue weighted by atomic mass is 35.5. The zero-order chi connectivity index (χ0) is 20.8. The number of rotatable bonds is 4. The Morgan fingerprint density at radius 1 is 1.10 bits per heavy atom. The van der Waals surface area contributed by atoms with E-state index in [4.69, 9.17) is 35.4 Å². The number of thiocarbonyl (C=S) groups is 1. The van der Waals surface area contributed by atoms with Gasteiger partial charge in [-0.15, -0.1) is 11.3 Å². The van der Waals surface area contributed by atoms with E-state index in [1.165, 1.54) is 0 Å². The molecule has 0 aliphatic heterocycles. The number of nitrogens with one attached hydrogen (secondary N) is 3. The third kappa shape index (κ3) is 6.64. The number of guanidine groups is 1. The predicted octanol–water partition coefficient (Wildman–Crippen LogP) is 5.42. The molecular formula is C19H18Cl2N6S2. The van der Waals surface area contributed by atoms with Crippen molar-refractivity contribution in [2.45, 2.75) is 20.4 Å². The summed E-state index contributed by atoms with van der Waals surface area (Å²) >= 11 is 19.2. The Balaban J connectivity index is 1.76. The van der Waals surface area contributed by atoms with Gasteiger partial charge in [0, 0.05) is 21.3 Å². The molecule has 0 bridgehead atoms. The lowest BCUT2D eigenvalue weighted by molar-refractivity contribution is 1.04. The molecule has 0 spiro atoms. The van der Waals surface area contributed by atoms with Crippen molar-refractivity contribution in [1.29, 1.82) is 0 Å². The van der Waals surface area contributed by atoms with Gasteiger partial charge < -0.3 is 10.6 Å². The molecule has 0 saturated heterocycles. The number of aromatic nitrogens is 2. The average molecular weight is 465 g/mol. The molecule has 29 heavy (non-hydrogen) atoms. The van der Waals surface area contributed by atoms with E-state index in [9.17, 15) is 0 Å². The fraction of sp³-hybridized carbons (Fsp3) is 0.158. The Morgan fingerprint density at radius 3 is 2.52 bits per heavy atom. The summed E-state index contributed by atoms with van der Waals surface area (Å²) in [4.78, 5) is 14.5. The number of hydrogen-bond donors (Lipinski definition) is 3. The first kappa shape index (κ1) is 21.4. The zero-order valence-electron chi connectivity index (χ0n) is 15.7. The summed E-state index contributed by atoms with van der Waals surface area (Å²) in [6, 6.07) is 11.0. The lowest BCUT2D eigenvalue weighted by Gasteiger charge is -2.15. The second-order valence-corrected chi connectivity index (χ2v) is 8.33. The summed E-state index contributed by atoms with van der Waals surface area (Å²) in [7, 11) is 0. The minimum atomic E-state index is 0.316. The maximum Gasteiger partial charge on any atom is 0.229 e. The Labute approximate surface area is 188 Å². The fourth-order valence-corrected chi connectivity index (χ4v) is 3.70. The van der Waals surface area contributed by atoms with Crippen LogP contribution in [0, 0.1) is 13.8 Å². The summed E-state index contributed by atoms with van der Waals surface area (Å²) in [6.07, 6.45) is 0. The molecule has 3 N–H and O–H groups in total. The number of halogens is 2. The van der Waals surface area contributed by atoms with E-state index in [1.54, 1.807) is 29.5 Å². The van der Waals surface area contributed by atoms with Gasteiger partial charge in [-0.05, 0) is 61.8 Å². The molecule has 3 rings (SSSR count). The van der Waals surface area contributed by atoms with Crippen LogP contribution in [0.25, 0.3) is 0 Å². The number of aliphatic imine (C=N–C) groups is 1. The number of hydrogen-bond acceptors (Lipinski definition) is 5. The van der Waals surface area contributed by atoms with Crippen LogP contribution in [-0.4, -0.2) is 21.0 Å². The first-order valence-electron chi connectivity index (χ1n) is 8.58. The van der Waals surface area contributed by atoms with Crippen LogP contribution in [0.4, 0.5) is 11.6 Å². The molecule has 0 atom stereocenters. The lowest BCUT2D eigenvalue weighted by atomic mass is 10.3. The molecule has 0 radical (unpaired) electrons. The van der Waals surface area contributed by atoms with Gasteiger partial charge in [-0.25, -0.2) is 15.0 Å². The van der Waals surface area contributed by atoms with Crippen molar-refractivity contribution in [3.8, 4) is 0 Å². The van der Waals surface area contributed by atoms with Crippen LogP contribution in [0.5, 0.6) is 0 Å². The Hall–Kier alpha value is -2.26. The van der Waals surface area contributed by atoms with E-state index in [-0.39, 0.29) is 0 Å². The van der Waals surface area contributed by atoms with Crippen molar-refractivity contribution in [2.24, 2.45) is 4.99 Å². The molecule has 6 nitrogen and oxygen atoms in total. The Morgan fingerprint density at radius 2 is 1.86 bits per heavy atom. The van der Waals surface area contributed by atoms with E-state index in [1.807, 2.05) is 37.4 Å². The molecule has 150 valence electrons. The molecule has 0 unspecified atom stereocenters. The minimum Gasteiger partial charge on any atom is -0.331 e. The van der Waals surface area contributed by atoms with Gasteiger partial charge in [0.05, 0.1) is 17.3 Å². The Bertz CT molecular complexity index is 1020. The van der Waals surface area contributed by atoms with Crippen LogP contribution in [0.3, 0.4) is 0 Å². The average Bonchev–Trinajstić information content (AvgIpc) is 3.15. The Kier molecular flexibility index (Phi) is 7.38. The normalized spacial score (nSPS) is 11.2. The quantitative estimate of drug-likeness (QED) is 0.272. The third-order valence-electron chi connectivity index (χ3n) is 3.60. The van der Waals surface area contributed by atoms with Crippen LogP contribution < -0.4 is 16.0 Å². The first-order valence-corrected chi connectivity index (χ1v) is 10.6. The molecule has 3 aromatic rings. The van der Waals surface area contributed by atoms with Crippen LogP contribution >= 0.6 is 46.8 Å². The number of anilines is 2. The molecule has 0 aliphatic carbocycles. The first-order chi connectivity index (χ1) is 13.9. The number of thiophene rings is 1. The van der Waals surface area contributed by atoms with Gasteiger partial charge in [0.15, 0.2) is 5.11 Å². The number of benzene rings is 1. The highest BCUT2D eigenvalue weighted by Gasteiger charge is 2.09. The van der Waals surface area contributed by atoms with Gasteiger partial charge >= 0.3 is 0 Å². The molecule has 0 aliphatic rings. The second-order valence-electron chi connectivity index (χ2n) is 6.05. The van der Waals surface area contributed by atoms with Gasteiger partial charge in [-0.2, -0.15) is 0 Å². The highest BCUT2D eigenvalue weighted by molar-refractivity contribution is 7.80. The summed E-state index contributed by atoms with van der Waals surface area (Å²) in [5.74, 6) is 0.859. The molecule has 1 aromatic carbocycles. The number of nitrogens with zero attached hydrogens (tertiary/aromatic N) is 3. The van der Waals surface area contributed by atoms with E-state index in [0.717, 1.165) is 16.3 Å².